The predicted octanol–water partition coefficient (Wildman–Crippen LogP) is 1.93. The Labute approximate surface area is 144 Å². The van der Waals surface area contributed by atoms with Gasteiger partial charge in [0.05, 0.1) is 7.11 Å². The van der Waals surface area contributed by atoms with Gasteiger partial charge < -0.3 is 4.74 Å². The normalized spacial score (nSPS) is 14.2. The largest absolute Gasteiger partial charge is 0.495 e. The molecule has 0 atom stereocenters. The van der Waals surface area contributed by atoms with Crippen molar-refractivity contribution in [2.24, 2.45) is 0 Å². The molecule has 0 radical (unpaired) electrons. The van der Waals surface area contributed by atoms with E-state index in [1.54, 1.807) is 0 Å². The second kappa shape index (κ2) is 6.40. The Morgan fingerprint density at radius 3 is 2.68 bits per heavy atom. The third-order valence-corrected chi connectivity index (χ3v) is 5.22. The number of rotatable bonds is 5. The van der Waals surface area contributed by atoms with Gasteiger partial charge in [0.15, 0.2) is 5.69 Å². The number of carbonyl (C=O) groups is 1. The molecule has 0 aliphatic heterocycles. The predicted molar refractivity (Wildman–Crippen MR) is 86.3 cm³/mol. The molecule has 0 unspecified atom stereocenters. The van der Waals surface area contributed by atoms with Gasteiger partial charge in [0.25, 0.3) is 15.9 Å². The Morgan fingerprint density at radius 2 is 2.04 bits per heavy atom. The Morgan fingerprint density at radius 1 is 1.32 bits per heavy atom. The summed E-state index contributed by atoms with van der Waals surface area (Å²) >= 11 is 0. The van der Waals surface area contributed by atoms with Crippen molar-refractivity contribution in [3.63, 3.8) is 0 Å². The van der Waals surface area contributed by atoms with Crippen molar-refractivity contribution >= 4 is 15.9 Å². The van der Waals surface area contributed by atoms with Gasteiger partial charge in [-0.15, -0.1) is 5.10 Å². The Hall–Kier alpha value is -2.55. The van der Waals surface area contributed by atoms with Crippen molar-refractivity contribution in [1.82, 2.24) is 14.9 Å². The standard InChI is InChI=1S/C16H16FN3O4S/c1-9-4-3-5-13(14(9)17)25(22,23)20-16(21)11-8-12(24-2)15(19-18-11)10-6-7-10/h3-5,8,10H,6-7H2,1-2H3,(H,20,21). The van der Waals surface area contributed by atoms with Crippen LogP contribution in [0.3, 0.4) is 0 Å². The molecule has 25 heavy (non-hydrogen) atoms. The van der Waals surface area contributed by atoms with Crippen LogP contribution in [0.15, 0.2) is 29.2 Å². The van der Waals surface area contributed by atoms with Crippen molar-refractivity contribution in [3.05, 3.63) is 47.0 Å². The third-order valence-electron chi connectivity index (χ3n) is 3.88. The molecule has 1 aliphatic carbocycles. The number of methoxy groups -OCH3 is 1. The van der Waals surface area contributed by atoms with Crippen LogP contribution >= 0.6 is 0 Å². The van der Waals surface area contributed by atoms with E-state index in [1.807, 2.05) is 4.72 Å². The number of carbonyl (C=O) groups excluding carboxylic acids is 1. The third kappa shape index (κ3) is 3.46. The number of ether oxygens (including phenoxy) is 1. The summed E-state index contributed by atoms with van der Waals surface area (Å²) in [6, 6.07) is 5.24. The first kappa shape index (κ1) is 17.3. The molecule has 1 heterocycles. The monoisotopic (exact) mass is 365 g/mol. The maximum absolute atomic E-state index is 14.0. The van der Waals surface area contributed by atoms with Crippen molar-refractivity contribution < 1.29 is 22.3 Å². The highest BCUT2D eigenvalue weighted by Gasteiger charge is 2.30. The molecule has 1 aromatic carbocycles. The first-order valence-corrected chi connectivity index (χ1v) is 9.05. The molecule has 9 heteroatoms. The summed E-state index contributed by atoms with van der Waals surface area (Å²) in [4.78, 5) is 11.6. The lowest BCUT2D eigenvalue weighted by Crippen LogP contribution is -2.32. The fourth-order valence-electron chi connectivity index (χ4n) is 2.36. The van der Waals surface area contributed by atoms with E-state index < -0.39 is 26.6 Å². The van der Waals surface area contributed by atoms with Gasteiger partial charge in [-0.05, 0) is 31.4 Å². The summed E-state index contributed by atoms with van der Waals surface area (Å²) in [5.41, 5.74) is 0.579. The first-order valence-electron chi connectivity index (χ1n) is 7.57. The van der Waals surface area contributed by atoms with E-state index >= 15 is 0 Å². The number of aromatic nitrogens is 2. The first-order chi connectivity index (χ1) is 11.8. The minimum absolute atomic E-state index is 0.158. The summed E-state index contributed by atoms with van der Waals surface area (Å²) in [5, 5.41) is 7.73. The van der Waals surface area contributed by atoms with Crippen LogP contribution in [-0.4, -0.2) is 31.6 Å². The van der Waals surface area contributed by atoms with E-state index in [1.165, 1.54) is 32.2 Å². The number of aryl methyl sites for hydroxylation is 1. The highest BCUT2D eigenvalue weighted by molar-refractivity contribution is 7.90. The average molecular weight is 365 g/mol. The fraction of sp³-hybridized carbons (Fsp3) is 0.312. The van der Waals surface area contributed by atoms with E-state index in [-0.39, 0.29) is 17.2 Å². The van der Waals surface area contributed by atoms with E-state index in [0.29, 0.717) is 11.4 Å². The molecule has 1 N–H and O–H groups in total. The van der Waals surface area contributed by atoms with Crippen LogP contribution in [0.4, 0.5) is 4.39 Å². The molecule has 3 rings (SSSR count). The number of halogens is 1. The minimum atomic E-state index is -4.38. The zero-order chi connectivity index (χ0) is 18.2. The number of amides is 1. The lowest BCUT2D eigenvalue weighted by Gasteiger charge is -2.10. The smallest absolute Gasteiger partial charge is 0.285 e. The summed E-state index contributed by atoms with van der Waals surface area (Å²) in [5.74, 6) is -1.28. The highest BCUT2D eigenvalue weighted by atomic mass is 32.2. The molecule has 132 valence electrons. The SMILES string of the molecule is COc1cc(C(=O)NS(=O)(=O)c2cccc(C)c2F)nnc1C1CC1. The summed E-state index contributed by atoms with van der Waals surface area (Å²) in [6.45, 7) is 1.43. The van der Waals surface area contributed by atoms with Gasteiger partial charge in [-0.1, -0.05) is 12.1 Å². The van der Waals surface area contributed by atoms with Gasteiger partial charge >= 0.3 is 0 Å². The number of benzene rings is 1. The molecular weight excluding hydrogens is 349 g/mol. The molecule has 0 spiro atoms. The van der Waals surface area contributed by atoms with Crippen molar-refractivity contribution in [2.45, 2.75) is 30.6 Å². The molecule has 1 saturated carbocycles. The molecule has 1 aromatic heterocycles. The van der Waals surface area contributed by atoms with Crippen molar-refractivity contribution in [1.29, 1.82) is 0 Å². The second-order valence-electron chi connectivity index (χ2n) is 5.78. The van der Waals surface area contributed by atoms with Crippen LogP contribution in [0.2, 0.25) is 0 Å². The van der Waals surface area contributed by atoms with Crippen LogP contribution in [0.5, 0.6) is 5.75 Å². The van der Waals surface area contributed by atoms with Crippen LogP contribution < -0.4 is 9.46 Å². The van der Waals surface area contributed by atoms with Crippen molar-refractivity contribution in [3.8, 4) is 5.75 Å². The zero-order valence-electron chi connectivity index (χ0n) is 13.6. The van der Waals surface area contributed by atoms with E-state index in [9.17, 15) is 17.6 Å². The van der Waals surface area contributed by atoms with Crippen LogP contribution in [-0.2, 0) is 10.0 Å². The molecule has 1 fully saturated rings. The zero-order valence-corrected chi connectivity index (χ0v) is 14.4. The fourth-order valence-corrected chi connectivity index (χ4v) is 3.47. The van der Waals surface area contributed by atoms with E-state index in [2.05, 4.69) is 10.2 Å². The number of hydrogen-bond acceptors (Lipinski definition) is 6. The highest BCUT2D eigenvalue weighted by Crippen LogP contribution is 2.42. The molecule has 1 aliphatic rings. The van der Waals surface area contributed by atoms with Crippen LogP contribution in [0.25, 0.3) is 0 Å². The number of sulfonamides is 1. The molecular formula is C16H16FN3O4S. The average Bonchev–Trinajstić information content (AvgIpc) is 3.41. The Balaban J connectivity index is 1.87. The molecule has 1 amide bonds. The lowest BCUT2D eigenvalue weighted by atomic mass is 10.2. The van der Waals surface area contributed by atoms with Gasteiger partial charge in [0.2, 0.25) is 0 Å². The minimum Gasteiger partial charge on any atom is -0.495 e. The molecule has 0 saturated heterocycles. The quantitative estimate of drug-likeness (QED) is 0.869. The maximum atomic E-state index is 14.0. The van der Waals surface area contributed by atoms with Gasteiger partial charge in [0, 0.05) is 12.0 Å². The van der Waals surface area contributed by atoms with E-state index in [4.69, 9.17) is 4.74 Å². The maximum Gasteiger partial charge on any atom is 0.285 e. The van der Waals surface area contributed by atoms with E-state index in [0.717, 1.165) is 18.9 Å². The Bertz CT molecular complexity index is 942. The number of nitrogens with one attached hydrogen (secondary N) is 1. The molecule has 0 bridgehead atoms. The van der Waals surface area contributed by atoms with Crippen molar-refractivity contribution in [2.75, 3.05) is 7.11 Å². The molecule has 2 aromatic rings. The molecule has 7 nitrogen and oxygen atoms in total. The number of hydrogen-bond donors (Lipinski definition) is 1. The second-order valence-corrected chi connectivity index (χ2v) is 7.43. The topological polar surface area (TPSA) is 98.2 Å². The lowest BCUT2D eigenvalue weighted by molar-refractivity contribution is 0.0975. The van der Waals surface area contributed by atoms with Gasteiger partial charge in [0.1, 0.15) is 22.2 Å². The van der Waals surface area contributed by atoms with Gasteiger partial charge in [-0.3, -0.25) is 4.79 Å². The summed E-state index contributed by atoms with van der Waals surface area (Å²) in [6.07, 6.45) is 1.94. The summed E-state index contributed by atoms with van der Waals surface area (Å²) in [7, 11) is -2.94. The van der Waals surface area contributed by atoms with Gasteiger partial charge in [-0.25, -0.2) is 17.5 Å². The summed E-state index contributed by atoms with van der Waals surface area (Å²) < 4.78 is 45.6. The Kier molecular flexibility index (Phi) is 4.42. The van der Waals surface area contributed by atoms with Crippen LogP contribution in [0.1, 0.15) is 40.5 Å². The number of nitrogens with zero attached hydrogens (tertiary/aromatic N) is 2. The van der Waals surface area contributed by atoms with Gasteiger partial charge in [-0.2, -0.15) is 5.10 Å². The van der Waals surface area contributed by atoms with Crippen LogP contribution in [0, 0.1) is 12.7 Å².